The zero-order valence-corrected chi connectivity index (χ0v) is 37.1. The predicted octanol–water partition coefficient (Wildman–Crippen LogP) is 16.7. The Kier molecular flexibility index (Phi) is 9.40. The van der Waals surface area contributed by atoms with Gasteiger partial charge in [0.15, 0.2) is 5.82 Å². The molecule has 3 nitrogen and oxygen atoms in total. The number of furan rings is 1. The molecule has 68 heavy (non-hydrogen) atoms. The first kappa shape index (κ1) is 39.4. The van der Waals surface area contributed by atoms with Crippen LogP contribution < -0.4 is 0 Å². The minimum Gasteiger partial charge on any atom is -0.456 e. The normalized spacial score (nSPS) is 12.5. The highest BCUT2D eigenvalue weighted by molar-refractivity contribution is 6.06. The third-order valence-electron chi connectivity index (χ3n) is 13.8. The van der Waals surface area contributed by atoms with Crippen LogP contribution in [0.25, 0.3) is 100 Å². The van der Waals surface area contributed by atoms with Crippen LogP contribution in [0, 0.1) is 0 Å². The summed E-state index contributed by atoms with van der Waals surface area (Å²) in [6.07, 6.45) is 0. The van der Waals surface area contributed by atoms with Crippen molar-refractivity contribution in [2.24, 2.45) is 0 Å². The Morgan fingerprint density at radius 2 is 0.779 bits per heavy atom. The van der Waals surface area contributed by atoms with Crippen LogP contribution in [-0.2, 0) is 5.41 Å². The lowest BCUT2D eigenvalue weighted by atomic mass is 9.67. The van der Waals surface area contributed by atoms with Crippen molar-refractivity contribution in [2.75, 3.05) is 0 Å². The molecule has 13 rings (SSSR count). The topological polar surface area (TPSA) is 38.9 Å². The summed E-state index contributed by atoms with van der Waals surface area (Å²) in [7, 11) is 0. The minimum atomic E-state index is -0.540. The molecular weight excluding hydrogens is 825 g/mol. The predicted molar refractivity (Wildman–Crippen MR) is 279 cm³/mol. The van der Waals surface area contributed by atoms with Gasteiger partial charge in [-0.15, -0.1) is 0 Å². The third kappa shape index (κ3) is 6.59. The number of nitrogens with zero attached hydrogens (tertiary/aromatic N) is 2. The Morgan fingerprint density at radius 1 is 0.279 bits per heavy atom. The molecule has 0 amide bonds. The lowest BCUT2D eigenvalue weighted by Gasteiger charge is -2.34. The van der Waals surface area contributed by atoms with Gasteiger partial charge in [0.1, 0.15) is 11.2 Å². The van der Waals surface area contributed by atoms with Crippen molar-refractivity contribution in [3.05, 3.63) is 277 Å². The van der Waals surface area contributed by atoms with Gasteiger partial charge in [-0.05, 0) is 121 Å². The van der Waals surface area contributed by atoms with Gasteiger partial charge in [0.05, 0.1) is 16.8 Å². The number of fused-ring (bicyclic) bond motifs is 6. The number of benzene rings is 10. The SMILES string of the molecule is c1ccc(-c2cccc(-c3cc(-c4ccc5oc6ccccc6c5c4)cc(-c4cc(-c5ccc6c(c5)C(c5ccccc5)(c5ccccc5)c5ccccc5-6)nc(-c5ccccc5)n4)c3)c2)cc1. The summed E-state index contributed by atoms with van der Waals surface area (Å²) < 4.78 is 6.29. The number of hydrogen-bond acceptors (Lipinski definition) is 3. The molecule has 0 radical (unpaired) electrons. The molecule has 0 unspecified atom stereocenters. The maximum atomic E-state index is 6.29. The summed E-state index contributed by atoms with van der Waals surface area (Å²) in [6, 6.07) is 91.4. The van der Waals surface area contributed by atoms with E-state index in [-0.39, 0.29) is 0 Å². The van der Waals surface area contributed by atoms with Crippen molar-refractivity contribution in [3.63, 3.8) is 0 Å². The van der Waals surface area contributed by atoms with Gasteiger partial charge in [0.2, 0.25) is 0 Å². The van der Waals surface area contributed by atoms with Gasteiger partial charge in [0.25, 0.3) is 0 Å². The Balaban J connectivity index is 1.03. The van der Waals surface area contributed by atoms with Crippen LogP contribution >= 0.6 is 0 Å². The fraction of sp³-hybridized carbons (Fsp3) is 0.0154. The zero-order chi connectivity index (χ0) is 45.0. The highest BCUT2D eigenvalue weighted by atomic mass is 16.3. The molecule has 0 saturated carbocycles. The average molecular weight is 867 g/mol. The summed E-state index contributed by atoms with van der Waals surface area (Å²) in [5.41, 5.74) is 20.1. The van der Waals surface area contributed by atoms with Crippen molar-refractivity contribution in [1.29, 1.82) is 0 Å². The van der Waals surface area contributed by atoms with Crippen LogP contribution in [0.1, 0.15) is 22.3 Å². The van der Waals surface area contributed by atoms with Crippen molar-refractivity contribution in [3.8, 4) is 78.4 Å². The lowest BCUT2D eigenvalue weighted by Crippen LogP contribution is -2.28. The summed E-state index contributed by atoms with van der Waals surface area (Å²) in [5.74, 6) is 0.670. The van der Waals surface area contributed by atoms with Crippen molar-refractivity contribution < 1.29 is 4.42 Å². The molecule has 1 aliphatic carbocycles. The van der Waals surface area contributed by atoms with Gasteiger partial charge < -0.3 is 4.42 Å². The maximum Gasteiger partial charge on any atom is 0.160 e. The number of hydrogen-bond donors (Lipinski definition) is 0. The van der Waals surface area contributed by atoms with E-state index in [1.165, 1.54) is 38.9 Å². The molecule has 10 aromatic carbocycles. The Hall–Kier alpha value is -8.92. The molecule has 0 aliphatic heterocycles. The Labute approximate surface area is 395 Å². The van der Waals surface area contributed by atoms with Crippen molar-refractivity contribution in [2.45, 2.75) is 5.41 Å². The summed E-state index contributed by atoms with van der Waals surface area (Å²) >= 11 is 0. The highest BCUT2D eigenvalue weighted by Crippen LogP contribution is 2.56. The second-order valence-corrected chi connectivity index (χ2v) is 17.7. The Morgan fingerprint density at radius 3 is 1.50 bits per heavy atom. The first-order valence-corrected chi connectivity index (χ1v) is 23.2. The molecule has 0 N–H and O–H groups in total. The highest BCUT2D eigenvalue weighted by Gasteiger charge is 2.46. The molecule has 2 heterocycles. The first-order chi connectivity index (χ1) is 33.7. The smallest absolute Gasteiger partial charge is 0.160 e. The van der Waals surface area contributed by atoms with Crippen molar-refractivity contribution >= 4 is 21.9 Å². The number of aromatic nitrogens is 2. The third-order valence-corrected chi connectivity index (χ3v) is 13.8. The molecule has 2 aromatic heterocycles. The standard InChI is InChI=1S/C65H42N2O/c1-5-18-43(19-6-1)45-22-17-23-46(36-45)49-37-50(47-33-35-63-57(40-47)56-29-14-16-31-62(56)68-63)39-51(38-49)61-42-60(66-64(67-61)44-20-7-2-8-21-44)48-32-34-55-54-28-13-15-30-58(54)65(59(55)41-48,52-24-9-3-10-25-52)53-26-11-4-12-27-53/h1-42H. The monoisotopic (exact) mass is 866 g/mol. The van der Waals surface area contributed by atoms with Gasteiger partial charge in [-0.3, -0.25) is 0 Å². The molecule has 0 saturated heterocycles. The molecular formula is C65H42N2O. The second kappa shape index (κ2) is 16.2. The molecule has 1 aliphatic rings. The van der Waals surface area contributed by atoms with Crippen LogP contribution in [-0.4, -0.2) is 9.97 Å². The number of para-hydroxylation sites is 1. The maximum absolute atomic E-state index is 6.29. The van der Waals surface area contributed by atoms with Gasteiger partial charge in [-0.25, -0.2) is 9.97 Å². The van der Waals surface area contributed by atoms with Crippen LogP contribution in [0.3, 0.4) is 0 Å². The number of rotatable bonds is 8. The van der Waals surface area contributed by atoms with E-state index in [1.807, 2.05) is 18.2 Å². The fourth-order valence-electron chi connectivity index (χ4n) is 10.6. The minimum absolute atomic E-state index is 0.540. The summed E-state index contributed by atoms with van der Waals surface area (Å²) in [6.45, 7) is 0. The van der Waals surface area contributed by atoms with Crippen LogP contribution in [0.5, 0.6) is 0 Å². The van der Waals surface area contributed by atoms with Gasteiger partial charge in [-0.2, -0.15) is 0 Å². The van der Waals surface area contributed by atoms with Crippen LogP contribution in [0.2, 0.25) is 0 Å². The largest absolute Gasteiger partial charge is 0.456 e. The van der Waals surface area contributed by atoms with E-state index in [4.69, 9.17) is 14.4 Å². The zero-order valence-electron chi connectivity index (χ0n) is 37.1. The lowest BCUT2D eigenvalue weighted by molar-refractivity contribution is 0.669. The van der Waals surface area contributed by atoms with Crippen LogP contribution in [0.4, 0.5) is 0 Å². The van der Waals surface area contributed by atoms with E-state index in [2.05, 4.69) is 237 Å². The van der Waals surface area contributed by atoms with Gasteiger partial charge >= 0.3 is 0 Å². The van der Waals surface area contributed by atoms with E-state index in [1.54, 1.807) is 0 Å². The molecule has 318 valence electrons. The van der Waals surface area contributed by atoms with E-state index in [0.29, 0.717) is 5.82 Å². The van der Waals surface area contributed by atoms with E-state index < -0.39 is 5.41 Å². The van der Waals surface area contributed by atoms with Gasteiger partial charge in [0, 0.05) is 27.5 Å². The van der Waals surface area contributed by atoms with Crippen molar-refractivity contribution in [1.82, 2.24) is 9.97 Å². The Bertz CT molecular complexity index is 3800. The van der Waals surface area contributed by atoms with Gasteiger partial charge in [-0.1, -0.05) is 200 Å². The average Bonchev–Trinajstić information content (AvgIpc) is 3.95. The second-order valence-electron chi connectivity index (χ2n) is 17.7. The summed E-state index contributed by atoms with van der Waals surface area (Å²) in [5, 5.41) is 2.19. The molecule has 3 heteroatoms. The fourth-order valence-corrected chi connectivity index (χ4v) is 10.6. The quantitative estimate of drug-likeness (QED) is 0.153. The molecule has 0 atom stereocenters. The van der Waals surface area contributed by atoms with Crippen LogP contribution in [0.15, 0.2) is 259 Å². The molecule has 0 spiro atoms. The summed E-state index contributed by atoms with van der Waals surface area (Å²) in [4.78, 5) is 10.8. The van der Waals surface area contributed by atoms with E-state index >= 15 is 0 Å². The van der Waals surface area contributed by atoms with E-state index in [9.17, 15) is 0 Å². The first-order valence-electron chi connectivity index (χ1n) is 23.2. The molecule has 0 bridgehead atoms. The molecule has 12 aromatic rings. The molecule has 0 fully saturated rings. The van der Waals surface area contributed by atoms with E-state index in [0.717, 1.165) is 77.8 Å².